The molecule has 0 atom stereocenters. The van der Waals surface area contributed by atoms with Crippen molar-refractivity contribution in [2.24, 2.45) is 0 Å². The molecule has 3 aromatic rings. The Morgan fingerprint density at radius 2 is 1.88 bits per heavy atom. The van der Waals surface area contributed by atoms with Crippen LogP contribution in [0.25, 0.3) is 5.65 Å². The zero-order chi connectivity index (χ0) is 17.1. The van der Waals surface area contributed by atoms with Crippen molar-refractivity contribution in [3.05, 3.63) is 54.5 Å². The molecular weight excluding hydrogens is 316 g/mol. The van der Waals surface area contributed by atoms with Gasteiger partial charge in [0.15, 0.2) is 5.65 Å². The molecule has 0 unspecified atom stereocenters. The van der Waals surface area contributed by atoms with E-state index in [-0.39, 0.29) is 5.91 Å². The topological polar surface area (TPSA) is 66.6 Å². The maximum atomic E-state index is 12.4. The highest BCUT2D eigenvalue weighted by Crippen LogP contribution is 2.17. The van der Waals surface area contributed by atoms with E-state index in [0.29, 0.717) is 6.42 Å². The lowest BCUT2D eigenvalue weighted by molar-refractivity contribution is -0.131. The molecule has 0 aliphatic carbocycles. The molecule has 1 fully saturated rings. The van der Waals surface area contributed by atoms with Crippen molar-refractivity contribution < 1.29 is 4.79 Å². The molecule has 0 saturated carbocycles. The van der Waals surface area contributed by atoms with Gasteiger partial charge in [-0.05, 0) is 12.0 Å². The van der Waals surface area contributed by atoms with Crippen LogP contribution in [0.1, 0.15) is 12.0 Å². The molecule has 128 valence electrons. The summed E-state index contributed by atoms with van der Waals surface area (Å²) in [7, 11) is 0. The van der Waals surface area contributed by atoms with Gasteiger partial charge in [-0.25, -0.2) is 4.52 Å². The molecule has 0 radical (unpaired) electrons. The molecule has 2 aromatic heterocycles. The number of anilines is 1. The molecule has 1 aliphatic rings. The predicted molar refractivity (Wildman–Crippen MR) is 94.3 cm³/mol. The monoisotopic (exact) mass is 336 g/mol. The maximum Gasteiger partial charge on any atom is 0.223 e. The number of carbonyl (C=O) groups excluding carboxylic acids is 1. The summed E-state index contributed by atoms with van der Waals surface area (Å²) in [6, 6.07) is 12.1. The van der Waals surface area contributed by atoms with Gasteiger partial charge < -0.3 is 9.80 Å². The van der Waals surface area contributed by atoms with E-state index >= 15 is 0 Å². The summed E-state index contributed by atoms with van der Waals surface area (Å²) in [6.07, 6.45) is 4.77. The first-order valence-corrected chi connectivity index (χ1v) is 8.52. The molecule has 0 bridgehead atoms. The van der Waals surface area contributed by atoms with E-state index in [2.05, 4.69) is 32.3 Å². The summed E-state index contributed by atoms with van der Waals surface area (Å²) in [5.74, 6) is 0.231. The van der Waals surface area contributed by atoms with Crippen molar-refractivity contribution in [3.8, 4) is 0 Å². The number of hydrogen-bond donors (Lipinski definition) is 0. The van der Waals surface area contributed by atoms with E-state index in [1.807, 2.05) is 35.4 Å². The van der Waals surface area contributed by atoms with Gasteiger partial charge >= 0.3 is 0 Å². The lowest BCUT2D eigenvalue weighted by atomic mass is 10.1. The Morgan fingerprint density at radius 1 is 1.08 bits per heavy atom. The minimum atomic E-state index is 0.231. The fourth-order valence-electron chi connectivity index (χ4n) is 3.15. The highest BCUT2D eigenvalue weighted by atomic mass is 16.2. The number of hydrogen-bond acceptors (Lipinski definition) is 5. The Bertz CT molecular complexity index is 854. The molecular formula is C18H20N6O. The van der Waals surface area contributed by atoms with E-state index in [1.165, 1.54) is 5.56 Å². The average Bonchev–Trinajstić information content (AvgIpc) is 3.15. The van der Waals surface area contributed by atoms with Gasteiger partial charge in [0, 0.05) is 38.7 Å². The SMILES string of the molecule is O=C(CCc1ccccc1)N1CCN(c2cnn3cnnc3c2)CC1. The molecule has 1 aromatic carbocycles. The maximum absolute atomic E-state index is 12.4. The van der Waals surface area contributed by atoms with Gasteiger partial charge in [-0.2, -0.15) is 5.10 Å². The lowest BCUT2D eigenvalue weighted by Crippen LogP contribution is -2.48. The van der Waals surface area contributed by atoms with Gasteiger partial charge in [0.25, 0.3) is 0 Å². The van der Waals surface area contributed by atoms with Crippen molar-refractivity contribution in [2.45, 2.75) is 12.8 Å². The van der Waals surface area contributed by atoms with Crippen LogP contribution in [0.3, 0.4) is 0 Å². The zero-order valence-electron chi connectivity index (χ0n) is 14.0. The second-order valence-electron chi connectivity index (χ2n) is 6.20. The number of carbonyl (C=O) groups is 1. The highest BCUT2D eigenvalue weighted by Gasteiger charge is 2.21. The van der Waals surface area contributed by atoms with Crippen LogP contribution in [0.5, 0.6) is 0 Å². The second-order valence-corrected chi connectivity index (χ2v) is 6.20. The molecule has 1 saturated heterocycles. The number of benzene rings is 1. The first kappa shape index (κ1) is 15.6. The zero-order valence-corrected chi connectivity index (χ0v) is 14.0. The standard InChI is InChI=1S/C18H20N6O/c25-18(7-6-15-4-2-1-3-5-15)23-10-8-22(9-11-23)16-12-17-21-19-14-24(17)20-13-16/h1-5,12-14H,6-11H2. The van der Waals surface area contributed by atoms with E-state index in [9.17, 15) is 4.79 Å². The molecule has 25 heavy (non-hydrogen) atoms. The second kappa shape index (κ2) is 6.88. The van der Waals surface area contributed by atoms with Crippen LogP contribution in [0, 0.1) is 0 Å². The summed E-state index contributed by atoms with van der Waals surface area (Å²) in [5.41, 5.74) is 2.97. The Labute approximate surface area is 145 Å². The van der Waals surface area contributed by atoms with Crippen LogP contribution in [-0.4, -0.2) is 56.8 Å². The molecule has 0 spiro atoms. The normalized spacial score (nSPS) is 14.9. The number of rotatable bonds is 4. The minimum Gasteiger partial charge on any atom is -0.367 e. The summed E-state index contributed by atoms with van der Waals surface area (Å²) in [6.45, 7) is 3.10. The number of fused-ring (bicyclic) bond motifs is 1. The molecule has 3 heterocycles. The van der Waals surface area contributed by atoms with Crippen LogP contribution in [0.4, 0.5) is 5.69 Å². The van der Waals surface area contributed by atoms with Gasteiger partial charge in [-0.3, -0.25) is 4.79 Å². The summed E-state index contributed by atoms with van der Waals surface area (Å²) < 4.78 is 1.65. The molecule has 1 amide bonds. The van der Waals surface area contributed by atoms with E-state index in [1.54, 1.807) is 10.8 Å². The molecule has 7 nitrogen and oxygen atoms in total. The van der Waals surface area contributed by atoms with Crippen molar-refractivity contribution in [1.82, 2.24) is 24.7 Å². The number of aryl methyl sites for hydroxylation is 1. The van der Waals surface area contributed by atoms with Gasteiger partial charge in [-0.1, -0.05) is 30.3 Å². The summed E-state index contributed by atoms with van der Waals surface area (Å²) >= 11 is 0. The predicted octanol–water partition coefficient (Wildman–Crippen LogP) is 1.41. The van der Waals surface area contributed by atoms with Crippen molar-refractivity contribution in [1.29, 1.82) is 0 Å². The number of nitrogens with zero attached hydrogens (tertiary/aromatic N) is 6. The summed E-state index contributed by atoms with van der Waals surface area (Å²) in [5, 5.41) is 12.2. The van der Waals surface area contributed by atoms with Crippen molar-refractivity contribution in [3.63, 3.8) is 0 Å². The lowest BCUT2D eigenvalue weighted by Gasteiger charge is -2.36. The first-order valence-electron chi connectivity index (χ1n) is 8.52. The van der Waals surface area contributed by atoms with Crippen LogP contribution in [0.2, 0.25) is 0 Å². The largest absolute Gasteiger partial charge is 0.367 e. The molecule has 4 rings (SSSR count). The van der Waals surface area contributed by atoms with Gasteiger partial charge in [0.05, 0.1) is 11.9 Å². The molecule has 1 aliphatic heterocycles. The van der Waals surface area contributed by atoms with Crippen LogP contribution in [-0.2, 0) is 11.2 Å². The van der Waals surface area contributed by atoms with Gasteiger partial charge in [-0.15, -0.1) is 10.2 Å². The Hall–Kier alpha value is -2.96. The Kier molecular flexibility index (Phi) is 4.28. The first-order chi connectivity index (χ1) is 12.3. The quantitative estimate of drug-likeness (QED) is 0.721. The Morgan fingerprint density at radius 3 is 2.68 bits per heavy atom. The van der Waals surface area contributed by atoms with Crippen molar-refractivity contribution in [2.75, 3.05) is 31.1 Å². The van der Waals surface area contributed by atoms with E-state index < -0.39 is 0 Å². The van der Waals surface area contributed by atoms with Crippen LogP contribution in [0.15, 0.2) is 48.9 Å². The Balaban J connectivity index is 1.32. The van der Waals surface area contributed by atoms with E-state index in [0.717, 1.165) is 43.9 Å². The third-order valence-electron chi connectivity index (χ3n) is 4.62. The average molecular weight is 336 g/mol. The molecule has 7 heteroatoms. The van der Waals surface area contributed by atoms with E-state index in [4.69, 9.17) is 0 Å². The third kappa shape index (κ3) is 3.45. The summed E-state index contributed by atoms with van der Waals surface area (Å²) in [4.78, 5) is 16.6. The highest BCUT2D eigenvalue weighted by molar-refractivity contribution is 5.76. The number of aromatic nitrogens is 4. The smallest absolute Gasteiger partial charge is 0.223 e. The number of amides is 1. The minimum absolute atomic E-state index is 0.231. The fraction of sp³-hybridized carbons (Fsp3) is 0.333. The molecule has 0 N–H and O–H groups in total. The van der Waals surface area contributed by atoms with Gasteiger partial charge in [0.2, 0.25) is 5.91 Å². The van der Waals surface area contributed by atoms with Crippen molar-refractivity contribution >= 4 is 17.2 Å². The van der Waals surface area contributed by atoms with Crippen LogP contribution >= 0.6 is 0 Å². The van der Waals surface area contributed by atoms with Crippen LogP contribution < -0.4 is 4.90 Å². The fourth-order valence-corrected chi connectivity index (χ4v) is 3.15. The van der Waals surface area contributed by atoms with Gasteiger partial charge in [0.1, 0.15) is 6.33 Å². The number of piperazine rings is 1. The third-order valence-corrected chi connectivity index (χ3v) is 4.62.